The summed E-state index contributed by atoms with van der Waals surface area (Å²) in [4.78, 5) is 21.2. The van der Waals surface area contributed by atoms with Crippen LogP contribution >= 0.6 is 11.8 Å². The van der Waals surface area contributed by atoms with Crippen molar-refractivity contribution in [1.82, 2.24) is 9.97 Å². The van der Waals surface area contributed by atoms with E-state index in [0.717, 1.165) is 12.1 Å². The number of amides is 1. The number of aryl methyl sites for hydroxylation is 1. The van der Waals surface area contributed by atoms with E-state index < -0.39 is 17.5 Å². The van der Waals surface area contributed by atoms with Crippen molar-refractivity contribution in [3.8, 4) is 11.6 Å². The van der Waals surface area contributed by atoms with E-state index >= 15 is 0 Å². The molecule has 2 heterocycles. The first-order chi connectivity index (χ1) is 12.0. The number of hydrogen-bond acceptors (Lipinski definition) is 5. The fourth-order valence-electron chi connectivity index (χ4n) is 2.24. The second-order valence-corrected chi connectivity index (χ2v) is 5.87. The molecule has 0 atom stereocenters. The van der Waals surface area contributed by atoms with E-state index in [0.29, 0.717) is 22.3 Å². The Morgan fingerprint density at radius 3 is 2.64 bits per heavy atom. The number of benzene rings is 1. The zero-order chi connectivity index (χ0) is 18.0. The van der Waals surface area contributed by atoms with Crippen LogP contribution in [0, 0.1) is 18.6 Å². The Bertz CT molecular complexity index is 930. The third-order valence-corrected chi connectivity index (χ3v) is 4.08. The van der Waals surface area contributed by atoms with Gasteiger partial charge in [0.1, 0.15) is 5.03 Å². The van der Waals surface area contributed by atoms with Crippen LogP contribution in [0.4, 0.5) is 14.5 Å². The first kappa shape index (κ1) is 17.1. The number of thioether (sulfide) groups is 1. The lowest BCUT2D eigenvalue weighted by atomic mass is 10.2. The second kappa shape index (κ2) is 7.02. The maximum absolute atomic E-state index is 13.3. The molecule has 3 rings (SSSR count). The summed E-state index contributed by atoms with van der Waals surface area (Å²) in [5.41, 5.74) is 0.865. The van der Waals surface area contributed by atoms with E-state index in [1.54, 1.807) is 25.3 Å². The Hall–Kier alpha value is -2.74. The van der Waals surface area contributed by atoms with Gasteiger partial charge in [-0.3, -0.25) is 4.79 Å². The fraction of sp³-hybridized carbons (Fsp3) is 0.118. The highest BCUT2D eigenvalue weighted by Crippen LogP contribution is 2.26. The van der Waals surface area contributed by atoms with Crippen LogP contribution in [0.2, 0.25) is 0 Å². The van der Waals surface area contributed by atoms with Gasteiger partial charge in [-0.05, 0) is 37.4 Å². The van der Waals surface area contributed by atoms with Crippen molar-refractivity contribution in [3.63, 3.8) is 0 Å². The first-order valence-corrected chi connectivity index (χ1v) is 8.45. The second-order valence-electron chi connectivity index (χ2n) is 5.08. The van der Waals surface area contributed by atoms with Crippen LogP contribution in [-0.4, -0.2) is 22.1 Å². The maximum atomic E-state index is 13.3. The van der Waals surface area contributed by atoms with Gasteiger partial charge in [0, 0.05) is 11.8 Å². The Labute approximate surface area is 146 Å². The average Bonchev–Trinajstić information content (AvgIpc) is 3.11. The SMILES string of the molecule is CSc1nc(-c2ccco2)nc(C)c1C(=O)Nc1ccc(F)c(F)c1. The summed E-state index contributed by atoms with van der Waals surface area (Å²) >= 11 is 1.28. The van der Waals surface area contributed by atoms with Gasteiger partial charge in [0.15, 0.2) is 23.2 Å². The number of aromatic nitrogens is 2. The Morgan fingerprint density at radius 1 is 1.20 bits per heavy atom. The summed E-state index contributed by atoms with van der Waals surface area (Å²) < 4.78 is 31.6. The largest absolute Gasteiger partial charge is 0.461 e. The van der Waals surface area contributed by atoms with Crippen molar-refractivity contribution in [3.05, 3.63) is 59.5 Å². The molecule has 2 aromatic heterocycles. The number of furan rings is 1. The molecule has 1 amide bonds. The summed E-state index contributed by atoms with van der Waals surface area (Å²) in [5, 5.41) is 2.99. The van der Waals surface area contributed by atoms with Crippen LogP contribution in [0.25, 0.3) is 11.6 Å². The van der Waals surface area contributed by atoms with Gasteiger partial charge >= 0.3 is 0 Å². The lowest BCUT2D eigenvalue weighted by molar-refractivity contribution is 0.102. The molecule has 1 N–H and O–H groups in total. The smallest absolute Gasteiger partial charge is 0.260 e. The molecule has 0 radical (unpaired) electrons. The number of halogens is 2. The van der Waals surface area contributed by atoms with Crippen molar-refractivity contribution < 1.29 is 18.0 Å². The molecule has 0 bridgehead atoms. The predicted octanol–water partition coefficient (Wildman–Crippen LogP) is 4.30. The van der Waals surface area contributed by atoms with Gasteiger partial charge in [0.05, 0.1) is 17.5 Å². The first-order valence-electron chi connectivity index (χ1n) is 7.22. The Balaban J connectivity index is 1.95. The van der Waals surface area contributed by atoms with E-state index in [1.807, 2.05) is 0 Å². The van der Waals surface area contributed by atoms with Crippen LogP contribution in [0.15, 0.2) is 46.0 Å². The fourth-order valence-corrected chi connectivity index (χ4v) is 2.86. The minimum Gasteiger partial charge on any atom is -0.461 e. The monoisotopic (exact) mass is 361 g/mol. The summed E-state index contributed by atoms with van der Waals surface area (Å²) in [7, 11) is 0. The van der Waals surface area contributed by atoms with E-state index in [-0.39, 0.29) is 11.3 Å². The number of carbonyl (C=O) groups is 1. The van der Waals surface area contributed by atoms with Gasteiger partial charge in [-0.2, -0.15) is 0 Å². The number of hydrogen-bond donors (Lipinski definition) is 1. The van der Waals surface area contributed by atoms with Crippen molar-refractivity contribution in [2.45, 2.75) is 11.9 Å². The molecule has 0 saturated carbocycles. The van der Waals surface area contributed by atoms with Gasteiger partial charge < -0.3 is 9.73 Å². The molecule has 25 heavy (non-hydrogen) atoms. The third kappa shape index (κ3) is 3.53. The molecular weight excluding hydrogens is 348 g/mol. The molecule has 1 aromatic carbocycles. The predicted molar refractivity (Wildman–Crippen MR) is 90.6 cm³/mol. The minimum atomic E-state index is -1.04. The normalized spacial score (nSPS) is 10.7. The molecule has 0 aliphatic heterocycles. The quantitative estimate of drug-likeness (QED) is 0.554. The lowest BCUT2D eigenvalue weighted by Gasteiger charge is -2.11. The summed E-state index contributed by atoms with van der Waals surface area (Å²) in [6, 6.07) is 6.59. The number of nitrogens with one attached hydrogen (secondary N) is 1. The molecule has 0 spiro atoms. The van der Waals surface area contributed by atoms with E-state index in [4.69, 9.17) is 4.42 Å². The van der Waals surface area contributed by atoms with Crippen molar-refractivity contribution >= 4 is 23.4 Å². The third-order valence-electron chi connectivity index (χ3n) is 3.40. The van der Waals surface area contributed by atoms with Gasteiger partial charge in [0.2, 0.25) is 0 Å². The molecule has 8 heteroatoms. The van der Waals surface area contributed by atoms with Gasteiger partial charge in [0.25, 0.3) is 5.91 Å². The summed E-state index contributed by atoms with van der Waals surface area (Å²) in [5.74, 6) is -1.66. The molecule has 5 nitrogen and oxygen atoms in total. The van der Waals surface area contributed by atoms with Crippen molar-refractivity contribution in [1.29, 1.82) is 0 Å². The molecule has 0 saturated heterocycles. The topological polar surface area (TPSA) is 68.0 Å². The Morgan fingerprint density at radius 2 is 2.00 bits per heavy atom. The van der Waals surface area contributed by atoms with Crippen LogP contribution in [0.3, 0.4) is 0 Å². The van der Waals surface area contributed by atoms with Crippen molar-refractivity contribution in [2.75, 3.05) is 11.6 Å². The number of anilines is 1. The zero-order valence-corrected chi connectivity index (χ0v) is 14.2. The minimum absolute atomic E-state index is 0.144. The van der Waals surface area contributed by atoms with Crippen molar-refractivity contribution in [2.24, 2.45) is 0 Å². The van der Waals surface area contributed by atoms with E-state index in [1.165, 1.54) is 24.1 Å². The van der Waals surface area contributed by atoms with Crippen LogP contribution in [0.5, 0.6) is 0 Å². The molecular formula is C17H13F2N3O2S. The number of carbonyl (C=O) groups excluding carboxylic acids is 1. The standard InChI is InChI=1S/C17H13F2N3O2S/c1-9-14(16(23)21-10-5-6-11(18)12(19)8-10)17(25-2)22-15(20-9)13-4-3-7-24-13/h3-8H,1-2H3,(H,21,23). The van der Waals surface area contributed by atoms with E-state index in [9.17, 15) is 13.6 Å². The molecule has 0 aliphatic rings. The summed E-state index contributed by atoms with van der Waals surface area (Å²) in [6.45, 7) is 1.67. The molecule has 0 unspecified atom stereocenters. The highest BCUT2D eigenvalue weighted by Gasteiger charge is 2.20. The van der Waals surface area contributed by atoms with Crippen LogP contribution in [0.1, 0.15) is 16.1 Å². The number of rotatable bonds is 4. The highest BCUT2D eigenvalue weighted by atomic mass is 32.2. The van der Waals surface area contributed by atoms with Gasteiger partial charge in [-0.25, -0.2) is 18.7 Å². The van der Waals surface area contributed by atoms with Crippen LogP contribution in [-0.2, 0) is 0 Å². The van der Waals surface area contributed by atoms with E-state index in [2.05, 4.69) is 15.3 Å². The molecule has 3 aromatic rings. The van der Waals surface area contributed by atoms with Gasteiger partial charge in [-0.15, -0.1) is 11.8 Å². The molecule has 0 aliphatic carbocycles. The van der Waals surface area contributed by atoms with Crippen LogP contribution < -0.4 is 5.32 Å². The highest BCUT2D eigenvalue weighted by molar-refractivity contribution is 7.98. The molecule has 0 fully saturated rings. The maximum Gasteiger partial charge on any atom is 0.260 e. The Kier molecular flexibility index (Phi) is 4.80. The number of nitrogens with zero attached hydrogens (tertiary/aromatic N) is 2. The lowest BCUT2D eigenvalue weighted by Crippen LogP contribution is -2.17. The van der Waals surface area contributed by atoms with Gasteiger partial charge in [-0.1, -0.05) is 0 Å². The summed E-state index contributed by atoms with van der Waals surface area (Å²) in [6.07, 6.45) is 3.29. The average molecular weight is 361 g/mol. The zero-order valence-electron chi connectivity index (χ0n) is 13.3. The molecule has 128 valence electrons.